The molecule has 176 valence electrons. The molecule has 4 aromatic rings. The van der Waals surface area contributed by atoms with Gasteiger partial charge in [-0.25, -0.2) is 14.4 Å². The molecule has 3 atom stereocenters. The molecule has 0 fully saturated rings. The normalized spacial score (nSPS) is 14.1. The Kier molecular flexibility index (Phi) is 6.79. The minimum Gasteiger partial charge on any atom is -0.389 e. The van der Waals surface area contributed by atoms with Crippen molar-refractivity contribution in [2.45, 2.75) is 45.9 Å². The van der Waals surface area contributed by atoms with Crippen molar-refractivity contribution in [1.82, 2.24) is 15.0 Å². The molecule has 2 heterocycles. The predicted octanol–water partition coefficient (Wildman–Crippen LogP) is 6.07. The van der Waals surface area contributed by atoms with E-state index < -0.39 is 18.2 Å². The Morgan fingerprint density at radius 3 is 2.29 bits per heavy atom. The summed E-state index contributed by atoms with van der Waals surface area (Å²) in [7, 11) is 0. The first kappa shape index (κ1) is 24.0. The van der Waals surface area contributed by atoms with Crippen molar-refractivity contribution in [1.29, 1.82) is 0 Å². The summed E-state index contributed by atoms with van der Waals surface area (Å²) in [5.74, 6) is -0.0193. The molecule has 0 aliphatic rings. The van der Waals surface area contributed by atoms with Crippen molar-refractivity contribution in [3.8, 4) is 11.1 Å². The molecular formula is C26H26ClFN4O2. The zero-order valence-electron chi connectivity index (χ0n) is 19.3. The van der Waals surface area contributed by atoms with Crippen LogP contribution in [0, 0.1) is 12.7 Å². The Balaban J connectivity index is 1.78. The van der Waals surface area contributed by atoms with Gasteiger partial charge in [-0.1, -0.05) is 23.7 Å². The Morgan fingerprint density at radius 2 is 1.65 bits per heavy atom. The third-order valence-corrected chi connectivity index (χ3v) is 6.26. The number of nitrogens with one attached hydrogen (secondary N) is 1. The summed E-state index contributed by atoms with van der Waals surface area (Å²) in [6, 6.07) is 9.91. The van der Waals surface area contributed by atoms with Crippen LogP contribution < -0.4 is 5.32 Å². The number of hydrogen-bond donors (Lipinski definition) is 3. The first-order chi connectivity index (χ1) is 16.2. The SMILES string of the molecule is Cc1nc2ccc(-c3cnc(C(C)O)nc3)cc2c(N[C@H](C)c2cc(C(C)O)ccc2F)c1Cl. The molecule has 34 heavy (non-hydrogen) atoms. The van der Waals surface area contributed by atoms with E-state index in [-0.39, 0.29) is 5.82 Å². The van der Waals surface area contributed by atoms with Crippen LogP contribution >= 0.6 is 11.6 Å². The average Bonchev–Trinajstić information content (AvgIpc) is 2.81. The van der Waals surface area contributed by atoms with Crippen LogP contribution in [0.4, 0.5) is 10.1 Å². The number of rotatable bonds is 6. The number of aliphatic hydroxyl groups excluding tert-OH is 2. The van der Waals surface area contributed by atoms with Gasteiger partial charge < -0.3 is 15.5 Å². The fraction of sp³-hybridized carbons (Fsp3) is 0.269. The maximum atomic E-state index is 14.7. The maximum Gasteiger partial charge on any atom is 0.156 e. The minimum absolute atomic E-state index is 0.350. The molecule has 4 rings (SSSR count). The van der Waals surface area contributed by atoms with Crippen LogP contribution in [-0.4, -0.2) is 25.2 Å². The smallest absolute Gasteiger partial charge is 0.156 e. The third kappa shape index (κ3) is 4.73. The number of hydrogen-bond acceptors (Lipinski definition) is 6. The van der Waals surface area contributed by atoms with Crippen LogP contribution in [0.5, 0.6) is 0 Å². The van der Waals surface area contributed by atoms with Crippen LogP contribution in [0.25, 0.3) is 22.0 Å². The van der Waals surface area contributed by atoms with Crippen molar-refractivity contribution in [3.63, 3.8) is 0 Å². The molecule has 0 saturated heterocycles. The highest BCUT2D eigenvalue weighted by atomic mass is 35.5. The zero-order chi connectivity index (χ0) is 24.6. The first-order valence-electron chi connectivity index (χ1n) is 11.0. The maximum absolute atomic E-state index is 14.7. The Bertz CT molecular complexity index is 1340. The molecule has 0 aliphatic carbocycles. The van der Waals surface area contributed by atoms with Crippen LogP contribution in [0.15, 0.2) is 48.8 Å². The lowest BCUT2D eigenvalue weighted by Gasteiger charge is -2.21. The third-order valence-electron chi connectivity index (χ3n) is 5.80. The van der Waals surface area contributed by atoms with E-state index in [4.69, 9.17) is 11.6 Å². The second-order valence-electron chi connectivity index (χ2n) is 8.45. The fourth-order valence-corrected chi connectivity index (χ4v) is 4.03. The van der Waals surface area contributed by atoms with Crippen LogP contribution in [-0.2, 0) is 0 Å². The number of halogens is 2. The monoisotopic (exact) mass is 480 g/mol. The summed E-state index contributed by atoms with van der Waals surface area (Å²) in [6.07, 6.45) is 1.86. The molecule has 0 bridgehead atoms. The zero-order valence-corrected chi connectivity index (χ0v) is 20.1. The largest absolute Gasteiger partial charge is 0.389 e. The highest BCUT2D eigenvalue weighted by molar-refractivity contribution is 6.35. The standard InChI is InChI=1S/C26H26ClFN4O2/c1-13(20-9-17(15(3)33)5-7-22(20)28)32-25-21-10-18(6-8-23(21)31-14(2)24(25)27)19-11-29-26(16(4)34)30-12-19/h5-13,15-16,33-34H,1-4H3,(H,31,32)/t13-,15?,16?/m1/s1. The van der Waals surface area contributed by atoms with Gasteiger partial charge in [-0.3, -0.25) is 4.98 Å². The molecule has 0 saturated carbocycles. The Labute approximate surface area is 202 Å². The van der Waals surface area contributed by atoms with Crippen LogP contribution in [0.1, 0.15) is 61.7 Å². The number of aromatic nitrogens is 3. The van der Waals surface area contributed by atoms with E-state index in [1.165, 1.54) is 6.07 Å². The molecule has 2 aromatic carbocycles. The molecule has 2 aromatic heterocycles. The Morgan fingerprint density at radius 1 is 0.941 bits per heavy atom. The molecule has 0 aliphatic heterocycles. The van der Waals surface area contributed by atoms with E-state index >= 15 is 0 Å². The van der Waals surface area contributed by atoms with Gasteiger partial charge >= 0.3 is 0 Å². The van der Waals surface area contributed by atoms with Crippen molar-refractivity contribution < 1.29 is 14.6 Å². The molecule has 0 radical (unpaired) electrons. The number of anilines is 1. The summed E-state index contributed by atoms with van der Waals surface area (Å²) in [6.45, 7) is 6.92. The number of nitrogens with zero attached hydrogens (tertiary/aromatic N) is 3. The van der Waals surface area contributed by atoms with Gasteiger partial charge in [0.05, 0.1) is 34.1 Å². The molecule has 8 heteroatoms. The van der Waals surface area contributed by atoms with Crippen molar-refractivity contribution in [3.05, 3.63) is 82.3 Å². The van der Waals surface area contributed by atoms with Gasteiger partial charge in [-0.2, -0.15) is 0 Å². The number of benzene rings is 2. The number of fused-ring (bicyclic) bond motifs is 1. The number of aryl methyl sites for hydroxylation is 1. The average molecular weight is 481 g/mol. The molecular weight excluding hydrogens is 455 g/mol. The van der Waals surface area contributed by atoms with Gasteiger partial charge in [0.15, 0.2) is 5.82 Å². The molecule has 2 unspecified atom stereocenters. The number of pyridine rings is 1. The first-order valence-corrected chi connectivity index (χ1v) is 11.4. The Hall–Kier alpha value is -3.13. The van der Waals surface area contributed by atoms with E-state index in [1.807, 2.05) is 32.0 Å². The summed E-state index contributed by atoms with van der Waals surface area (Å²) in [4.78, 5) is 13.1. The number of aliphatic hydroxyl groups is 2. The second-order valence-corrected chi connectivity index (χ2v) is 8.82. The molecule has 0 spiro atoms. The van der Waals surface area contributed by atoms with Crippen molar-refractivity contribution >= 4 is 28.2 Å². The summed E-state index contributed by atoms with van der Waals surface area (Å²) in [5.41, 5.74) is 4.72. The molecule has 0 amide bonds. The highest BCUT2D eigenvalue weighted by Crippen LogP contribution is 2.37. The highest BCUT2D eigenvalue weighted by Gasteiger charge is 2.18. The van der Waals surface area contributed by atoms with E-state index in [0.717, 1.165) is 22.0 Å². The quantitative estimate of drug-likeness (QED) is 0.310. The summed E-state index contributed by atoms with van der Waals surface area (Å²) in [5, 5.41) is 24.2. The predicted molar refractivity (Wildman–Crippen MR) is 132 cm³/mol. The van der Waals surface area contributed by atoms with E-state index in [1.54, 1.807) is 38.4 Å². The van der Waals surface area contributed by atoms with Gasteiger partial charge in [0.25, 0.3) is 0 Å². The molecule has 3 N–H and O–H groups in total. The van der Waals surface area contributed by atoms with Crippen LogP contribution in [0.3, 0.4) is 0 Å². The lowest BCUT2D eigenvalue weighted by atomic mass is 10.0. The van der Waals surface area contributed by atoms with E-state index in [0.29, 0.717) is 33.4 Å². The summed E-state index contributed by atoms with van der Waals surface area (Å²) < 4.78 is 14.7. The van der Waals surface area contributed by atoms with Gasteiger partial charge in [0.1, 0.15) is 11.9 Å². The van der Waals surface area contributed by atoms with Crippen molar-refractivity contribution in [2.24, 2.45) is 0 Å². The molecule has 6 nitrogen and oxygen atoms in total. The second kappa shape index (κ2) is 9.62. The van der Waals surface area contributed by atoms with Crippen LogP contribution in [0.2, 0.25) is 5.02 Å². The van der Waals surface area contributed by atoms with Gasteiger partial charge in [-0.05, 0) is 63.1 Å². The summed E-state index contributed by atoms with van der Waals surface area (Å²) >= 11 is 6.67. The van der Waals surface area contributed by atoms with Gasteiger partial charge in [-0.15, -0.1) is 0 Å². The van der Waals surface area contributed by atoms with Crippen molar-refractivity contribution in [2.75, 3.05) is 5.32 Å². The van der Waals surface area contributed by atoms with E-state index in [9.17, 15) is 14.6 Å². The lowest BCUT2D eigenvalue weighted by Crippen LogP contribution is -2.11. The minimum atomic E-state index is -0.748. The topological polar surface area (TPSA) is 91.2 Å². The lowest BCUT2D eigenvalue weighted by molar-refractivity contribution is 0.189. The fourth-order valence-electron chi connectivity index (χ4n) is 3.83. The van der Waals surface area contributed by atoms with Gasteiger partial charge in [0, 0.05) is 28.9 Å². The van der Waals surface area contributed by atoms with E-state index in [2.05, 4.69) is 20.3 Å². The van der Waals surface area contributed by atoms with Gasteiger partial charge in [0.2, 0.25) is 0 Å².